The second-order valence-electron chi connectivity index (χ2n) is 7.05. The van der Waals surface area contributed by atoms with Crippen molar-refractivity contribution in [1.82, 2.24) is 14.5 Å². The number of hydrogen-bond acceptors (Lipinski definition) is 8. The molecule has 0 aliphatic rings. The molecule has 168 valence electrons. The first-order chi connectivity index (χ1) is 16.0. The summed E-state index contributed by atoms with van der Waals surface area (Å²) in [4.78, 5) is 44.8. The number of amides is 1. The number of para-hydroxylation sites is 1. The first-order valence-electron chi connectivity index (χ1n) is 10.1. The third kappa shape index (κ3) is 5.10. The van der Waals surface area contributed by atoms with Gasteiger partial charge in [-0.3, -0.25) is 24.3 Å². The standard InChI is InChI=1S/C22H19N5O4S2/c1-2-10-26-20(29)16-8-3-4-9-17(16)24-22(26)33-13-19(28)25-21-23-18(12-32-21)14-6-5-7-15(11-14)27(30)31/h3-9,11-12H,2,10,13H2,1H3,(H,23,25,28). The lowest BCUT2D eigenvalue weighted by Gasteiger charge is -2.12. The molecule has 0 unspecified atom stereocenters. The van der Waals surface area contributed by atoms with Gasteiger partial charge in [0, 0.05) is 29.6 Å². The van der Waals surface area contributed by atoms with Crippen LogP contribution in [0.5, 0.6) is 0 Å². The minimum absolute atomic E-state index is 0.0245. The summed E-state index contributed by atoms with van der Waals surface area (Å²) < 4.78 is 1.60. The van der Waals surface area contributed by atoms with Crippen LogP contribution in [0.2, 0.25) is 0 Å². The molecule has 0 bridgehead atoms. The van der Waals surface area contributed by atoms with Gasteiger partial charge in [-0.05, 0) is 18.6 Å². The molecule has 2 aromatic carbocycles. The number of thioether (sulfide) groups is 1. The maximum atomic E-state index is 12.8. The smallest absolute Gasteiger partial charge is 0.270 e. The SMILES string of the molecule is CCCn1c(SCC(=O)Nc2nc(-c3cccc([N+](=O)[O-])c3)cs2)nc2ccccc2c1=O. The molecule has 0 fully saturated rings. The quantitative estimate of drug-likeness (QED) is 0.169. The van der Waals surface area contributed by atoms with E-state index >= 15 is 0 Å². The molecule has 0 aliphatic heterocycles. The third-order valence-corrected chi connectivity index (χ3v) is 6.44. The highest BCUT2D eigenvalue weighted by atomic mass is 32.2. The number of carbonyl (C=O) groups excluding carboxylic acids is 1. The van der Waals surface area contributed by atoms with E-state index in [9.17, 15) is 19.7 Å². The molecule has 0 saturated carbocycles. The molecule has 2 aromatic heterocycles. The Morgan fingerprint density at radius 2 is 2.03 bits per heavy atom. The molecule has 1 N–H and O–H groups in total. The van der Waals surface area contributed by atoms with E-state index in [4.69, 9.17) is 0 Å². The Balaban J connectivity index is 1.47. The van der Waals surface area contributed by atoms with Gasteiger partial charge in [0.05, 0.1) is 27.3 Å². The van der Waals surface area contributed by atoms with Crippen molar-refractivity contribution in [3.8, 4) is 11.3 Å². The predicted molar refractivity (Wildman–Crippen MR) is 130 cm³/mol. The summed E-state index contributed by atoms with van der Waals surface area (Å²) in [6.07, 6.45) is 0.763. The second kappa shape index (κ2) is 9.92. The fourth-order valence-corrected chi connectivity index (χ4v) is 4.77. The first-order valence-corrected chi connectivity index (χ1v) is 12.0. The van der Waals surface area contributed by atoms with E-state index in [0.29, 0.717) is 39.0 Å². The van der Waals surface area contributed by atoms with Gasteiger partial charge in [0.15, 0.2) is 10.3 Å². The second-order valence-corrected chi connectivity index (χ2v) is 8.85. The van der Waals surface area contributed by atoms with Gasteiger partial charge in [-0.2, -0.15) is 0 Å². The van der Waals surface area contributed by atoms with Gasteiger partial charge in [0.2, 0.25) is 5.91 Å². The molecule has 33 heavy (non-hydrogen) atoms. The summed E-state index contributed by atoms with van der Waals surface area (Å²) in [6.45, 7) is 2.49. The number of nitrogens with zero attached hydrogens (tertiary/aromatic N) is 4. The lowest BCUT2D eigenvalue weighted by atomic mass is 10.1. The highest BCUT2D eigenvalue weighted by Crippen LogP contribution is 2.27. The van der Waals surface area contributed by atoms with Crippen LogP contribution in [0.4, 0.5) is 10.8 Å². The number of anilines is 1. The van der Waals surface area contributed by atoms with Crippen LogP contribution >= 0.6 is 23.1 Å². The lowest BCUT2D eigenvalue weighted by Crippen LogP contribution is -2.24. The van der Waals surface area contributed by atoms with E-state index in [-0.39, 0.29) is 22.9 Å². The van der Waals surface area contributed by atoms with Crippen molar-refractivity contribution in [2.45, 2.75) is 25.0 Å². The zero-order chi connectivity index (χ0) is 23.4. The molecule has 9 nitrogen and oxygen atoms in total. The number of nitro groups is 1. The minimum atomic E-state index is -0.464. The number of fused-ring (bicyclic) bond motifs is 1. The van der Waals surface area contributed by atoms with E-state index < -0.39 is 4.92 Å². The molecular formula is C22H19N5O4S2. The van der Waals surface area contributed by atoms with Gasteiger partial charge in [-0.15, -0.1) is 11.3 Å². The molecular weight excluding hydrogens is 462 g/mol. The van der Waals surface area contributed by atoms with Crippen LogP contribution in [-0.4, -0.2) is 31.1 Å². The highest BCUT2D eigenvalue weighted by molar-refractivity contribution is 7.99. The maximum absolute atomic E-state index is 12.8. The largest absolute Gasteiger partial charge is 0.301 e. The van der Waals surface area contributed by atoms with E-state index in [2.05, 4.69) is 15.3 Å². The van der Waals surface area contributed by atoms with Gasteiger partial charge in [0.25, 0.3) is 11.2 Å². The molecule has 0 saturated heterocycles. The van der Waals surface area contributed by atoms with Crippen molar-refractivity contribution < 1.29 is 9.72 Å². The fraction of sp³-hybridized carbons (Fsp3) is 0.182. The van der Waals surface area contributed by atoms with Crippen LogP contribution in [0, 0.1) is 10.1 Å². The van der Waals surface area contributed by atoms with Crippen molar-refractivity contribution in [3.63, 3.8) is 0 Å². The number of non-ortho nitro benzene ring substituents is 1. The van der Waals surface area contributed by atoms with Crippen molar-refractivity contribution in [2.75, 3.05) is 11.1 Å². The zero-order valence-electron chi connectivity index (χ0n) is 17.6. The van der Waals surface area contributed by atoms with E-state index in [1.807, 2.05) is 13.0 Å². The Kier molecular flexibility index (Phi) is 6.80. The third-order valence-electron chi connectivity index (χ3n) is 4.71. The molecule has 0 atom stereocenters. The average molecular weight is 482 g/mol. The van der Waals surface area contributed by atoms with Crippen LogP contribution in [0.1, 0.15) is 13.3 Å². The van der Waals surface area contributed by atoms with E-state index in [0.717, 1.165) is 6.42 Å². The van der Waals surface area contributed by atoms with Gasteiger partial charge in [0.1, 0.15) is 0 Å². The summed E-state index contributed by atoms with van der Waals surface area (Å²) in [6, 6.07) is 13.3. The number of nitro benzene ring substituents is 1. The maximum Gasteiger partial charge on any atom is 0.270 e. The molecule has 0 spiro atoms. The van der Waals surface area contributed by atoms with Crippen molar-refractivity contribution >= 4 is 50.7 Å². The summed E-state index contributed by atoms with van der Waals surface area (Å²) >= 11 is 2.42. The number of hydrogen-bond donors (Lipinski definition) is 1. The predicted octanol–water partition coefficient (Wildman–Crippen LogP) is 4.57. The van der Waals surface area contributed by atoms with Gasteiger partial charge < -0.3 is 5.32 Å². The number of nitrogens with one attached hydrogen (secondary N) is 1. The Labute approximate surface area is 196 Å². The normalized spacial score (nSPS) is 10.9. The number of thiazole rings is 1. The molecule has 1 amide bonds. The Hall–Kier alpha value is -3.57. The highest BCUT2D eigenvalue weighted by Gasteiger charge is 2.15. The molecule has 0 radical (unpaired) electrons. The molecule has 11 heteroatoms. The fourth-order valence-electron chi connectivity index (χ4n) is 3.21. The van der Waals surface area contributed by atoms with Crippen LogP contribution in [0.25, 0.3) is 22.2 Å². The number of carbonyl (C=O) groups is 1. The average Bonchev–Trinajstić information content (AvgIpc) is 3.28. The van der Waals surface area contributed by atoms with Crippen molar-refractivity contribution in [3.05, 3.63) is 74.4 Å². The molecule has 2 heterocycles. The van der Waals surface area contributed by atoms with Crippen molar-refractivity contribution in [2.24, 2.45) is 0 Å². The minimum Gasteiger partial charge on any atom is -0.301 e. The molecule has 0 aliphatic carbocycles. The summed E-state index contributed by atoms with van der Waals surface area (Å²) in [5.41, 5.74) is 1.59. The zero-order valence-corrected chi connectivity index (χ0v) is 19.2. The van der Waals surface area contributed by atoms with Gasteiger partial charge >= 0.3 is 0 Å². The van der Waals surface area contributed by atoms with Crippen molar-refractivity contribution in [1.29, 1.82) is 0 Å². The number of rotatable bonds is 8. The van der Waals surface area contributed by atoms with Gasteiger partial charge in [-0.25, -0.2) is 9.97 Å². The van der Waals surface area contributed by atoms with Crippen LogP contribution in [-0.2, 0) is 11.3 Å². The molecule has 4 rings (SSSR count). The van der Waals surface area contributed by atoms with E-state index in [1.54, 1.807) is 40.3 Å². The topological polar surface area (TPSA) is 120 Å². The number of aromatic nitrogens is 3. The Morgan fingerprint density at radius 1 is 1.21 bits per heavy atom. The van der Waals surface area contributed by atoms with Crippen LogP contribution in [0.3, 0.4) is 0 Å². The van der Waals surface area contributed by atoms with Crippen LogP contribution in [0.15, 0.2) is 63.9 Å². The Bertz CT molecular complexity index is 1400. The lowest BCUT2D eigenvalue weighted by molar-refractivity contribution is -0.384. The summed E-state index contributed by atoms with van der Waals surface area (Å²) in [5, 5.41) is 16.9. The summed E-state index contributed by atoms with van der Waals surface area (Å²) in [5.74, 6) is -0.231. The van der Waals surface area contributed by atoms with Gasteiger partial charge in [-0.1, -0.05) is 43.0 Å². The Morgan fingerprint density at radius 3 is 2.82 bits per heavy atom. The van der Waals surface area contributed by atoms with Crippen LogP contribution < -0.4 is 10.9 Å². The molecule has 4 aromatic rings. The first kappa shape index (κ1) is 22.6. The summed E-state index contributed by atoms with van der Waals surface area (Å²) in [7, 11) is 0. The number of benzene rings is 2. The monoisotopic (exact) mass is 481 g/mol. The van der Waals surface area contributed by atoms with E-state index in [1.165, 1.54) is 35.2 Å².